The highest BCUT2D eigenvalue weighted by atomic mass is 35.5. The summed E-state index contributed by atoms with van der Waals surface area (Å²) in [7, 11) is 3.21. The fourth-order valence-corrected chi connectivity index (χ4v) is 3.22. The molecule has 1 aromatic rings. The summed E-state index contributed by atoms with van der Waals surface area (Å²) in [6.45, 7) is 0. The Bertz CT molecular complexity index is 464. The zero-order valence-electron chi connectivity index (χ0n) is 11.4. The number of methoxy groups -OCH3 is 2. The van der Waals surface area contributed by atoms with E-state index in [9.17, 15) is 4.79 Å². The van der Waals surface area contributed by atoms with Gasteiger partial charge in [0.2, 0.25) is 0 Å². The van der Waals surface area contributed by atoms with Gasteiger partial charge in [-0.3, -0.25) is 4.79 Å². The summed E-state index contributed by atoms with van der Waals surface area (Å²) >= 11 is 5.80. The largest absolute Gasteiger partial charge is 0.493 e. The Balaban J connectivity index is 2.46. The van der Waals surface area contributed by atoms with Crippen molar-refractivity contribution < 1.29 is 14.3 Å². The fourth-order valence-electron chi connectivity index (χ4n) is 2.97. The topological polar surface area (TPSA) is 35.5 Å². The third-order valence-electron chi connectivity index (χ3n) is 4.05. The van der Waals surface area contributed by atoms with E-state index in [0.717, 1.165) is 31.2 Å². The Morgan fingerprint density at radius 1 is 1.21 bits per heavy atom. The lowest BCUT2D eigenvalue weighted by Crippen LogP contribution is -2.34. The first-order valence-corrected chi connectivity index (χ1v) is 7.03. The minimum absolute atomic E-state index is 0.0638. The van der Waals surface area contributed by atoms with Gasteiger partial charge >= 0.3 is 0 Å². The van der Waals surface area contributed by atoms with Crippen LogP contribution in [0.2, 0.25) is 0 Å². The molecule has 0 saturated heterocycles. The van der Waals surface area contributed by atoms with Crippen LogP contribution in [-0.4, -0.2) is 25.9 Å². The molecule has 2 rings (SSSR count). The molecule has 0 bridgehead atoms. The van der Waals surface area contributed by atoms with E-state index >= 15 is 0 Å². The van der Waals surface area contributed by atoms with Gasteiger partial charge in [0.05, 0.1) is 25.5 Å². The smallest absolute Gasteiger partial charge is 0.161 e. The fraction of sp³-hybridized carbons (Fsp3) is 0.533. The standard InChI is InChI=1S/C15H19ClO3/c1-18-12-6-5-11(9-13(12)19-2)15(14(17)10-16)7-3-4-8-15/h5-6,9H,3-4,7-8,10H2,1-2H3. The monoisotopic (exact) mass is 282 g/mol. The van der Waals surface area contributed by atoms with Gasteiger partial charge in [-0.2, -0.15) is 0 Å². The average molecular weight is 283 g/mol. The number of ether oxygens (including phenoxy) is 2. The second-order valence-corrected chi connectivity index (χ2v) is 5.18. The molecule has 3 nitrogen and oxygen atoms in total. The lowest BCUT2D eigenvalue weighted by atomic mass is 9.75. The summed E-state index contributed by atoms with van der Waals surface area (Å²) in [5, 5.41) is 0. The first-order chi connectivity index (χ1) is 9.17. The number of Topliss-reactive ketones (excluding diaryl/α,β-unsaturated/α-hetero) is 1. The van der Waals surface area contributed by atoms with Crippen LogP contribution in [0.25, 0.3) is 0 Å². The molecular weight excluding hydrogens is 264 g/mol. The average Bonchev–Trinajstić information content (AvgIpc) is 2.96. The third kappa shape index (κ3) is 2.44. The SMILES string of the molecule is COc1ccc(C2(C(=O)CCl)CCCC2)cc1OC. The Labute approximate surface area is 118 Å². The van der Waals surface area contributed by atoms with Gasteiger partial charge in [0.1, 0.15) is 0 Å². The summed E-state index contributed by atoms with van der Waals surface area (Å²) in [5.74, 6) is 1.51. The maximum Gasteiger partial charge on any atom is 0.161 e. The van der Waals surface area contributed by atoms with Crippen LogP contribution in [0.15, 0.2) is 18.2 Å². The zero-order chi connectivity index (χ0) is 13.9. The highest BCUT2D eigenvalue weighted by molar-refractivity contribution is 6.29. The van der Waals surface area contributed by atoms with Crippen LogP contribution < -0.4 is 9.47 Å². The van der Waals surface area contributed by atoms with Crippen molar-refractivity contribution >= 4 is 17.4 Å². The minimum atomic E-state index is -0.429. The van der Waals surface area contributed by atoms with Gasteiger partial charge in [0, 0.05) is 0 Å². The highest BCUT2D eigenvalue weighted by Gasteiger charge is 2.42. The summed E-state index contributed by atoms with van der Waals surface area (Å²) in [6, 6.07) is 5.72. The molecule has 0 unspecified atom stereocenters. The Morgan fingerprint density at radius 3 is 2.37 bits per heavy atom. The van der Waals surface area contributed by atoms with Crippen LogP contribution >= 0.6 is 11.6 Å². The molecule has 0 N–H and O–H groups in total. The second kappa shape index (κ2) is 5.83. The second-order valence-electron chi connectivity index (χ2n) is 4.92. The molecule has 0 atom stereocenters. The normalized spacial score (nSPS) is 17.2. The van der Waals surface area contributed by atoms with E-state index in [4.69, 9.17) is 21.1 Å². The molecular formula is C15H19ClO3. The number of ketones is 1. The van der Waals surface area contributed by atoms with Crippen molar-refractivity contribution in [2.45, 2.75) is 31.1 Å². The Kier molecular flexibility index (Phi) is 4.35. The van der Waals surface area contributed by atoms with Gasteiger partial charge in [-0.25, -0.2) is 0 Å². The van der Waals surface area contributed by atoms with Gasteiger partial charge in [-0.1, -0.05) is 18.9 Å². The molecule has 1 saturated carbocycles. The lowest BCUT2D eigenvalue weighted by molar-refractivity contribution is -0.122. The molecule has 0 radical (unpaired) electrons. The van der Waals surface area contributed by atoms with E-state index in [2.05, 4.69) is 0 Å². The van der Waals surface area contributed by atoms with Crippen LogP contribution in [0.4, 0.5) is 0 Å². The molecule has 4 heteroatoms. The number of alkyl halides is 1. The van der Waals surface area contributed by atoms with Crippen molar-refractivity contribution in [2.24, 2.45) is 0 Å². The molecule has 0 aromatic heterocycles. The summed E-state index contributed by atoms with van der Waals surface area (Å²) in [4.78, 5) is 12.3. The van der Waals surface area contributed by atoms with Crippen molar-refractivity contribution in [3.8, 4) is 11.5 Å². The lowest BCUT2D eigenvalue weighted by Gasteiger charge is -2.28. The molecule has 0 heterocycles. The van der Waals surface area contributed by atoms with Crippen molar-refractivity contribution in [2.75, 3.05) is 20.1 Å². The van der Waals surface area contributed by atoms with E-state index in [1.807, 2.05) is 18.2 Å². The third-order valence-corrected chi connectivity index (χ3v) is 4.29. The first-order valence-electron chi connectivity index (χ1n) is 6.49. The summed E-state index contributed by atoms with van der Waals surface area (Å²) in [5.41, 5.74) is 0.565. The number of halogens is 1. The van der Waals surface area contributed by atoms with Crippen LogP contribution in [0.1, 0.15) is 31.2 Å². The van der Waals surface area contributed by atoms with E-state index in [0.29, 0.717) is 11.5 Å². The van der Waals surface area contributed by atoms with E-state index in [-0.39, 0.29) is 11.7 Å². The molecule has 0 aliphatic heterocycles. The van der Waals surface area contributed by atoms with Gasteiger partial charge in [0.15, 0.2) is 17.3 Å². The first kappa shape index (κ1) is 14.2. The van der Waals surface area contributed by atoms with Crippen LogP contribution in [0.3, 0.4) is 0 Å². The number of carbonyl (C=O) groups excluding carboxylic acids is 1. The summed E-state index contributed by atoms with van der Waals surface area (Å²) < 4.78 is 10.6. The predicted molar refractivity (Wildman–Crippen MR) is 75.4 cm³/mol. The van der Waals surface area contributed by atoms with Gasteiger partial charge in [0.25, 0.3) is 0 Å². The number of hydrogen-bond donors (Lipinski definition) is 0. The zero-order valence-corrected chi connectivity index (χ0v) is 12.1. The van der Waals surface area contributed by atoms with Crippen molar-refractivity contribution in [1.29, 1.82) is 0 Å². The molecule has 104 valence electrons. The van der Waals surface area contributed by atoms with E-state index in [1.165, 1.54) is 0 Å². The number of carbonyl (C=O) groups is 1. The van der Waals surface area contributed by atoms with Gasteiger partial charge in [-0.05, 0) is 30.5 Å². The number of rotatable bonds is 5. The van der Waals surface area contributed by atoms with Crippen LogP contribution in [-0.2, 0) is 10.2 Å². The summed E-state index contributed by atoms with van der Waals surface area (Å²) in [6.07, 6.45) is 3.87. The van der Waals surface area contributed by atoms with Gasteiger partial charge in [-0.15, -0.1) is 11.6 Å². The molecule has 0 amide bonds. The van der Waals surface area contributed by atoms with Crippen molar-refractivity contribution in [3.05, 3.63) is 23.8 Å². The van der Waals surface area contributed by atoms with Crippen LogP contribution in [0.5, 0.6) is 11.5 Å². The molecule has 1 aliphatic rings. The Hall–Kier alpha value is -1.22. The Morgan fingerprint density at radius 2 is 1.84 bits per heavy atom. The van der Waals surface area contributed by atoms with Crippen molar-refractivity contribution in [3.63, 3.8) is 0 Å². The maximum absolute atomic E-state index is 12.3. The number of hydrogen-bond acceptors (Lipinski definition) is 3. The van der Waals surface area contributed by atoms with Gasteiger partial charge < -0.3 is 9.47 Å². The van der Waals surface area contributed by atoms with Crippen LogP contribution in [0, 0.1) is 0 Å². The van der Waals surface area contributed by atoms with Crippen molar-refractivity contribution in [1.82, 2.24) is 0 Å². The minimum Gasteiger partial charge on any atom is -0.493 e. The van der Waals surface area contributed by atoms with E-state index < -0.39 is 5.41 Å². The molecule has 1 aliphatic carbocycles. The van der Waals surface area contributed by atoms with E-state index in [1.54, 1.807) is 14.2 Å². The molecule has 19 heavy (non-hydrogen) atoms. The highest BCUT2D eigenvalue weighted by Crippen LogP contribution is 2.44. The molecule has 1 fully saturated rings. The molecule has 1 aromatic carbocycles. The quantitative estimate of drug-likeness (QED) is 0.777. The molecule has 0 spiro atoms. The number of benzene rings is 1. The maximum atomic E-state index is 12.3. The predicted octanol–water partition coefficient (Wildman–Crippen LogP) is 3.32.